The highest BCUT2D eigenvalue weighted by molar-refractivity contribution is 5.82. The predicted molar refractivity (Wildman–Crippen MR) is 80.7 cm³/mol. The lowest BCUT2D eigenvalue weighted by Gasteiger charge is -2.13. The summed E-state index contributed by atoms with van der Waals surface area (Å²) in [6.45, 7) is 1.71. The number of carbonyl (C=O) groups is 3. The van der Waals surface area contributed by atoms with Crippen LogP contribution >= 0.6 is 0 Å². The quantitative estimate of drug-likeness (QED) is 0.656. The summed E-state index contributed by atoms with van der Waals surface area (Å²) in [6.07, 6.45) is -0.00292. The van der Waals surface area contributed by atoms with Crippen molar-refractivity contribution in [1.29, 1.82) is 0 Å². The van der Waals surface area contributed by atoms with Crippen LogP contribution in [0.1, 0.15) is 25.3 Å². The van der Waals surface area contributed by atoms with Crippen LogP contribution in [-0.4, -0.2) is 30.5 Å². The van der Waals surface area contributed by atoms with Gasteiger partial charge in [0, 0.05) is 12.5 Å². The lowest BCUT2D eigenvalue weighted by atomic mass is 10.2. The molecule has 1 aromatic carbocycles. The molecule has 0 aromatic heterocycles. The van der Waals surface area contributed by atoms with Crippen LogP contribution in [0.25, 0.3) is 0 Å². The van der Waals surface area contributed by atoms with Crippen molar-refractivity contribution in [3.63, 3.8) is 0 Å². The standard InChI is InChI=1S/C15H21N3O4/c1-11(7-8-13(16)19)18-14(20)9-17-15(21)22-10-12-5-3-2-4-6-12/h2-6,11H,7-10H2,1H3,(H2,16,19)(H,17,21)(H,18,20)/t11-/m1/s1. The highest BCUT2D eigenvalue weighted by Crippen LogP contribution is 2.00. The molecule has 0 heterocycles. The first-order valence-corrected chi connectivity index (χ1v) is 6.99. The first-order valence-electron chi connectivity index (χ1n) is 6.99. The van der Waals surface area contributed by atoms with E-state index in [1.165, 1.54) is 0 Å². The summed E-state index contributed by atoms with van der Waals surface area (Å²) < 4.78 is 4.97. The summed E-state index contributed by atoms with van der Waals surface area (Å²) >= 11 is 0. The molecule has 0 aliphatic rings. The molecule has 22 heavy (non-hydrogen) atoms. The fourth-order valence-electron chi connectivity index (χ4n) is 1.68. The Morgan fingerprint density at radius 1 is 1.23 bits per heavy atom. The van der Waals surface area contributed by atoms with Crippen molar-refractivity contribution < 1.29 is 19.1 Å². The first kappa shape index (κ1) is 17.5. The third kappa shape index (κ3) is 7.88. The van der Waals surface area contributed by atoms with Crippen LogP contribution in [0.5, 0.6) is 0 Å². The predicted octanol–water partition coefficient (Wildman–Crippen LogP) is 0.683. The largest absolute Gasteiger partial charge is 0.445 e. The summed E-state index contributed by atoms with van der Waals surface area (Å²) in [5.41, 5.74) is 5.89. The Balaban J connectivity index is 2.17. The van der Waals surface area contributed by atoms with Gasteiger partial charge in [-0.15, -0.1) is 0 Å². The van der Waals surface area contributed by atoms with Gasteiger partial charge < -0.3 is 21.1 Å². The Labute approximate surface area is 129 Å². The maximum atomic E-state index is 11.6. The average molecular weight is 307 g/mol. The number of ether oxygens (including phenoxy) is 1. The molecule has 120 valence electrons. The van der Waals surface area contributed by atoms with Crippen molar-refractivity contribution in [1.82, 2.24) is 10.6 Å². The van der Waals surface area contributed by atoms with Crippen LogP contribution in [0.3, 0.4) is 0 Å². The highest BCUT2D eigenvalue weighted by Gasteiger charge is 2.10. The zero-order chi connectivity index (χ0) is 16.4. The van der Waals surface area contributed by atoms with E-state index in [2.05, 4.69) is 10.6 Å². The molecule has 0 aliphatic heterocycles. The summed E-state index contributed by atoms with van der Waals surface area (Å²) in [6, 6.07) is 9.03. The first-order chi connectivity index (χ1) is 10.5. The average Bonchev–Trinajstić information content (AvgIpc) is 2.50. The van der Waals surface area contributed by atoms with Gasteiger partial charge in [0.2, 0.25) is 11.8 Å². The maximum absolute atomic E-state index is 11.6. The number of primary amides is 1. The molecule has 1 aromatic rings. The molecule has 0 saturated carbocycles. The minimum Gasteiger partial charge on any atom is -0.445 e. The smallest absolute Gasteiger partial charge is 0.407 e. The van der Waals surface area contributed by atoms with Gasteiger partial charge in [-0.05, 0) is 18.9 Å². The van der Waals surface area contributed by atoms with Crippen LogP contribution in [0.4, 0.5) is 4.79 Å². The van der Waals surface area contributed by atoms with Gasteiger partial charge in [-0.3, -0.25) is 9.59 Å². The number of nitrogens with one attached hydrogen (secondary N) is 2. The molecule has 0 spiro atoms. The molecule has 0 fully saturated rings. The van der Waals surface area contributed by atoms with E-state index in [-0.39, 0.29) is 31.5 Å². The Morgan fingerprint density at radius 2 is 1.91 bits per heavy atom. The lowest BCUT2D eigenvalue weighted by Crippen LogP contribution is -2.41. The second-order valence-electron chi connectivity index (χ2n) is 4.89. The molecule has 7 nitrogen and oxygen atoms in total. The molecule has 1 rings (SSSR count). The van der Waals surface area contributed by atoms with E-state index in [0.29, 0.717) is 6.42 Å². The third-order valence-electron chi connectivity index (χ3n) is 2.84. The minimum atomic E-state index is -0.663. The molecular weight excluding hydrogens is 286 g/mol. The van der Waals surface area contributed by atoms with Gasteiger partial charge in [0.05, 0.1) is 0 Å². The second kappa shape index (κ2) is 9.38. The Morgan fingerprint density at radius 3 is 2.55 bits per heavy atom. The SMILES string of the molecule is C[C@H](CCC(N)=O)NC(=O)CNC(=O)OCc1ccccc1. The normalized spacial score (nSPS) is 11.3. The molecule has 3 amide bonds. The third-order valence-corrected chi connectivity index (χ3v) is 2.84. The molecule has 1 atom stereocenters. The van der Waals surface area contributed by atoms with Gasteiger partial charge in [-0.2, -0.15) is 0 Å². The van der Waals surface area contributed by atoms with Gasteiger partial charge in [-0.25, -0.2) is 4.79 Å². The lowest BCUT2D eigenvalue weighted by molar-refractivity contribution is -0.121. The van der Waals surface area contributed by atoms with Gasteiger partial charge in [0.25, 0.3) is 0 Å². The molecular formula is C15H21N3O4. The summed E-state index contributed by atoms with van der Waals surface area (Å²) in [5, 5.41) is 5.01. The van der Waals surface area contributed by atoms with Crippen LogP contribution < -0.4 is 16.4 Å². The molecule has 4 N–H and O–H groups in total. The van der Waals surface area contributed by atoms with Gasteiger partial charge in [0.1, 0.15) is 13.2 Å². The monoisotopic (exact) mass is 307 g/mol. The fourth-order valence-corrected chi connectivity index (χ4v) is 1.68. The summed E-state index contributed by atoms with van der Waals surface area (Å²) in [7, 11) is 0. The van der Waals surface area contributed by atoms with E-state index < -0.39 is 12.0 Å². The molecule has 0 saturated heterocycles. The number of hydrogen-bond donors (Lipinski definition) is 3. The topological polar surface area (TPSA) is 111 Å². The van der Waals surface area contributed by atoms with Crippen LogP contribution in [-0.2, 0) is 20.9 Å². The number of carbonyl (C=O) groups excluding carboxylic acids is 3. The van der Waals surface area contributed by atoms with Gasteiger partial charge in [0.15, 0.2) is 0 Å². The number of hydrogen-bond acceptors (Lipinski definition) is 4. The summed E-state index contributed by atoms with van der Waals surface area (Å²) in [4.78, 5) is 33.7. The van der Waals surface area contributed by atoms with Crippen molar-refractivity contribution >= 4 is 17.9 Å². The maximum Gasteiger partial charge on any atom is 0.407 e. The zero-order valence-electron chi connectivity index (χ0n) is 12.5. The Kier molecular flexibility index (Phi) is 7.45. The molecule has 7 heteroatoms. The minimum absolute atomic E-state index is 0.142. The van der Waals surface area contributed by atoms with Crippen molar-refractivity contribution in [3.05, 3.63) is 35.9 Å². The fraction of sp³-hybridized carbons (Fsp3) is 0.400. The number of amides is 3. The second-order valence-corrected chi connectivity index (χ2v) is 4.89. The van der Waals surface area contributed by atoms with Gasteiger partial charge >= 0.3 is 6.09 Å². The molecule has 0 bridgehead atoms. The van der Waals surface area contributed by atoms with E-state index in [9.17, 15) is 14.4 Å². The van der Waals surface area contributed by atoms with Crippen LogP contribution in [0, 0.1) is 0 Å². The zero-order valence-corrected chi connectivity index (χ0v) is 12.5. The van der Waals surface area contributed by atoms with Crippen molar-refractivity contribution in [3.8, 4) is 0 Å². The number of nitrogens with two attached hydrogens (primary N) is 1. The van der Waals surface area contributed by atoms with Crippen molar-refractivity contribution in [2.45, 2.75) is 32.4 Å². The van der Waals surface area contributed by atoms with Gasteiger partial charge in [-0.1, -0.05) is 30.3 Å². The van der Waals surface area contributed by atoms with Crippen LogP contribution in [0.2, 0.25) is 0 Å². The Bertz CT molecular complexity index is 505. The molecule has 0 radical (unpaired) electrons. The number of benzene rings is 1. The van der Waals surface area contributed by atoms with E-state index >= 15 is 0 Å². The Hall–Kier alpha value is -2.57. The molecule has 0 aliphatic carbocycles. The summed E-state index contributed by atoms with van der Waals surface area (Å²) in [5.74, 6) is -0.766. The highest BCUT2D eigenvalue weighted by atomic mass is 16.5. The van der Waals surface area contributed by atoms with E-state index in [4.69, 9.17) is 10.5 Å². The number of alkyl carbamates (subject to hydrolysis) is 1. The number of rotatable bonds is 8. The van der Waals surface area contributed by atoms with E-state index in [1.54, 1.807) is 6.92 Å². The van der Waals surface area contributed by atoms with Crippen LogP contribution in [0.15, 0.2) is 30.3 Å². The molecule has 0 unspecified atom stereocenters. The van der Waals surface area contributed by atoms with E-state index in [1.807, 2.05) is 30.3 Å². The van der Waals surface area contributed by atoms with Crippen molar-refractivity contribution in [2.24, 2.45) is 5.73 Å². The van der Waals surface area contributed by atoms with E-state index in [0.717, 1.165) is 5.56 Å². The van der Waals surface area contributed by atoms with Crippen molar-refractivity contribution in [2.75, 3.05) is 6.54 Å².